The SMILES string of the molecule is Cn1cc(Oc2ccc(C(=O)NCCCNC3Cc4ccccc4C3)cc2)cn1. The van der Waals surface area contributed by atoms with Crippen LogP contribution in [0.2, 0.25) is 0 Å². The van der Waals surface area contributed by atoms with Crippen LogP contribution in [0, 0.1) is 0 Å². The molecule has 2 N–H and O–H groups in total. The normalized spacial score (nSPS) is 13.3. The number of amides is 1. The Kier molecular flexibility index (Phi) is 5.91. The van der Waals surface area contributed by atoms with Gasteiger partial charge in [0.1, 0.15) is 5.75 Å². The predicted octanol–water partition coefficient (Wildman–Crippen LogP) is 3.09. The number of carbonyl (C=O) groups excluding carboxylic acids is 1. The van der Waals surface area contributed by atoms with Crippen LogP contribution in [0.1, 0.15) is 27.9 Å². The molecule has 1 aliphatic rings. The van der Waals surface area contributed by atoms with Gasteiger partial charge in [-0.2, -0.15) is 5.10 Å². The maximum atomic E-state index is 12.3. The van der Waals surface area contributed by atoms with Crippen molar-refractivity contribution in [2.45, 2.75) is 25.3 Å². The van der Waals surface area contributed by atoms with Crippen molar-refractivity contribution in [2.75, 3.05) is 13.1 Å². The summed E-state index contributed by atoms with van der Waals surface area (Å²) in [5, 5.41) is 10.6. The number of ether oxygens (including phenoxy) is 1. The van der Waals surface area contributed by atoms with Gasteiger partial charge in [-0.3, -0.25) is 9.48 Å². The number of rotatable bonds is 8. The molecule has 1 aromatic heterocycles. The fourth-order valence-corrected chi connectivity index (χ4v) is 3.66. The van der Waals surface area contributed by atoms with E-state index in [2.05, 4.69) is 40.0 Å². The van der Waals surface area contributed by atoms with Gasteiger partial charge in [-0.1, -0.05) is 24.3 Å². The first kappa shape index (κ1) is 19.2. The Morgan fingerprint density at radius 1 is 1.07 bits per heavy atom. The molecule has 29 heavy (non-hydrogen) atoms. The van der Waals surface area contributed by atoms with Gasteiger partial charge < -0.3 is 15.4 Å². The van der Waals surface area contributed by atoms with Crippen molar-refractivity contribution in [1.82, 2.24) is 20.4 Å². The highest BCUT2D eigenvalue weighted by Gasteiger charge is 2.19. The topological polar surface area (TPSA) is 68.2 Å². The highest BCUT2D eigenvalue weighted by Crippen LogP contribution is 2.22. The number of carbonyl (C=O) groups is 1. The van der Waals surface area contributed by atoms with Crippen molar-refractivity contribution >= 4 is 5.91 Å². The molecule has 6 heteroatoms. The second kappa shape index (κ2) is 8.92. The van der Waals surface area contributed by atoms with Crippen LogP contribution in [0.5, 0.6) is 11.5 Å². The van der Waals surface area contributed by atoms with Crippen molar-refractivity contribution in [3.8, 4) is 11.5 Å². The minimum atomic E-state index is -0.0637. The van der Waals surface area contributed by atoms with Crippen LogP contribution < -0.4 is 15.4 Å². The quantitative estimate of drug-likeness (QED) is 0.580. The van der Waals surface area contributed by atoms with E-state index in [0.29, 0.717) is 29.6 Å². The van der Waals surface area contributed by atoms with E-state index in [0.717, 1.165) is 25.8 Å². The minimum absolute atomic E-state index is 0.0637. The number of aromatic nitrogens is 2. The Balaban J connectivity index is 1.15. The van der Waals surface area contributed by atoms with E-state index in [-0.39, 0.29) is 5.91 Å². The molecule has 3 aromatic rings. The lowest BCUT2D eigenvalue weighted by Crippen LogP contribution is -2.33. The second-order valence-electron chi connectivity index (χ2n) is 7.41. The second-order valence-corrected chi connectivity index (χ2v) is 7.41. The molecule has 4 rings (SSSR count). The number of benzene rings is 2. The molecule has 1 aliphatic carbocycles. The number of fused-ring (bicyclic) bond motifs is 1. The Morgan fingerprint density at radius 3 is 2.45 bits per heavy atom. The van der Waals surface area contributed by atoms with Crippen LogP contribution in [0.3, 0.4) is 0 Å². The highest BCUT2D eigenvalue weighted by molar-refractivity contribution is 5.94. The van der Waals surface area contributed by atoms with Crippen LogP contribution in [0.15, 0.2) is 60.9 Å². The number of nitrogens with zero attached hydrogens (tertiary/aromatic N) is 2. The van der Waals surface area contributed by atoms with Gasteiger partial charge in [-0.05, 0) is 61.2 Å². The smallest absolute Gasteiger partial charge is 0.251 e. The summed E-state index contributed by atoms with van der Waals surface area (Å²) in [6.45, 7) is 1.55. The third-order valence-electron chi connectivity index (χ3n) is 5.16. The fourth-order valence-electron chi connectivity index (χ4n) is 3.66. The van der Waals surface area contributed by atoms with Crippen LogP contribution >= 0.6 is 0 Å². The molecule has 1 amide bonds. The summed E-state index contributed by atoms with van der Waals surface area (Å²) in [5.41, 5.74) is 3.53. The lowest BCUT2D eigenvalue weighted by molar-refractivity contribution is 0.0953. The first-order valence-electron chi connectivity index (χ1n) is 10.0. The molecule has 2 aromatic carbocycles. The van der Waals surface area contributed by atoms with Gasteiger partial charge >= 0.3 is 0 Å². The maximum absolute atomic E-state index is 12.3. The molecule has 0 radical (unpaired) electrons. The van der Waals surface area contributed by atoms with E-state index >= 15 is 0 Å². The zero-order valence-corrected chi connectivity index (χ0v) is 16.6. The summed E-state index contributed by atoms with van der Waals surface area (Å²) in [6, 6.07) is 16.3. The standard InChI is InChI=1S/C23H26N4O2/c1-27-16-22(15-26-27)29-21-9-7-17(8-10-21)23(28)25-12-4-11-24-20-13-18-5-2-3-6-19(18)14-20/h2-3,5-10,15-16,20,24H,4,11-14H2,1H3,(H,25,28). The van der Waals surface area contributed by atoms with Crippen molar-refractivity contribution in [3.63, 3.8) is 0 Å². The number of hydrogen-bond acceptors (Lipinski definition) is 4. The largest absolute Gasteiger partial charge is 0.454 e. The maximum Gasteiger partial charge on any atom is 0.251 e. The summed E-state index contributed by atoms with van der Waals surface area (Å²) in [4.78, 5) is 12.3. The molecule has 0 fully saturated rings. The molecule has 0 saturated carbocycles. The van der Waals surface area contributed by atoms with Gasteiger partial charge in [0.15, 0.2) is 5.75 Å². The summed E-state index contributed by atoms with van der Waals surface area (Å²) in [5.74, 6) is 1.28. The van der Waals surface area contributed by atoms with Crippen molar-refractivity contribution in [3.05, 3.63) is 77.6 Å². The number of aryl methyl sites for hydroxylation is 1. The average Bonchev–Trinajstić information content (AvgIpc) is 3.33. The summed E-state index contributed by atoms with van der Waals surface area (Å²) in [7, 11) is 1.84. The van der Waals surface area contributed by atoms with Crippen LogP contribution in [0.25, 0.3) is 0 Å². The molecule has 150 valence electrons. The van der Waals surface area contributed by atoms with Crippen molar-refractivity contribution in [2.24, 2.45) is 7.05 Å². The summed E-state index contributed by atoms with van der Waals surface area (Å²) >= 11 is 0. The molecule has 0 atom stereocenters. The van der Waals surface area contributed by atoms with Crippen LogP contribution in [-0.4, -0.2) is 34.8 Å². The molecule has 0 bridgehead atoms. The molecule has 0 spiro atoms. The van der Waals surface area contributed by atoms with E-state index in [9.17, 15) is 4.79 Å². The molecule has 0 unspecified atom stereocenters. The van der Waals surface area contributed by atoms with Crippen LogP contribution in [-0.2, 0) is 19.9 Å². The van der Waals surface area contributed by atoms with Crippen molar-refractivity contribution < 1.29 is 9.53 Å². The molecule has 1 heterocycles. The fraction of sp³-hybridized carbons (Fsp3) is 0.304. The third kappa shape index (κ3) is 5.03. The lowest BCUT2D eigenvalue weighted by Gasteiger charge is -2.12. The van der Waals surface area contributed by atoms with E-state index in [1.54, 1.807) is 41.3 Å². The van der Waals surface area contributed by atoms with Gasteiger partial charge in [0.25, 0.3) is 5.91 Å². The summed E-state index contributed by atoms with van der Waals surface area (Å²) < 4.78 is 7.37. The molecular formula is C23H26N4O2. The molecule has 6 nitrogen and oxygen atoms in total. The molecule has 0 saturated heterocycles. The molecule has 0 aliphatic heterocycles. The Morgan fingerprint density at radius 2 is 1.79 bits per heavy atom. The van der Waals surface area contributed by atoms with E-state index < -0.39 is 0 Å². The zero-order valence-electron chi connectivity index (χ0n) is 16.6. The van der Waals surface area contributed by atoms with E-state index in [1.807, 2.05) is 7.05 Å². The number of nitrogens with one attached hydrogen (secondary N) is 2. The highest BCUT2D eigenvalue weighted by atomic mass is 16.5. The first-order valence-corrected chi connectivity index (χ1v) is 10.0. The van der Waals surface area contributed by atoms with Gasteiger partial charge in [0, 0.05) is 25.2 Å². The third-order valence-corrected chi connectivity index (χ3v) is 5.16. The Labute approximate surface area is 170 Å². The number of hydrogen-bond donors (Lipinski definition) is 2. The van der Waals surface area contributed by atoms with Gasteiger partial charge in [0.2, 0.25) is 0 Å². The van der Waals surface area contributed by atoms with Gasteiger partial charge in [-0.25, -0.2) is 0 Å². The Hall–Kier alpha value is -3.12. The van der Waals surface area contributed by atoms with Gasteiger partial charge in [-0.15, -0.1) is 0 Å². The monoisotopic (exact) mass is 390 g/mol. The predicted molar refractivity (Wildman–Crippen MR) is 112 cm³/mol. The van der Waals surface area contributed by atoms with Gasteiger partial charge in [0.05, 0.1) is 12.4 Å². The van der Waals surface area contributed by atoms with E-state index in [4.69, 9.17) is 4.74 Å². The lowest BCUT2D eigenvalue weighted by atomic mass is 10.1. The molecular weight excluding hydrogens is 364 g/mol. The van der Waals surface area contributed by atoms with Crippen LogP contribution in [0.4, 0.5) is 0 Å². The first-order chi connectivity index (χ1) is 14.2. The van der Waals surface area contributed by atoms with E-state index in [1.165, 1.54) is 11.1 Å². The average molecular weight is 390 g/mol. The van der Waals surface area contributed by atoms with Crippen molar-refractivity contribution in [1.29, 1.82) is 0 Å². The Bertz CT molecular complexity index is 940. The minimum Gasteiger partial charge on any atom is -0.454 e. The summed E-state index contributed by atoms with van der Waals surface area (Å²) in [6.07, 6.45) is 6.53. The zero-order chi connectivity index (χ0) is 20.1.